The van der Waals surface area contributed by atoms with E-state index in [1.165, 1.54) is 13.2 Å². The third-order valence-corrected chi connectivity index (χ3v) is 3.95. The van der Waals surface area contributed by atoms with Crippen LogP contribution in [0.3, 0.4) is 0 Å². The molecule has 0 aliphatic carbocycles. The summed E-state index contributed by atoms with van der Waals surface area (Å²) in [6, 6.07) is 6.71. The molecule has 2 rings (SSSR count). The largest absolute Gasteiger partial charge is 0.493 e. The van der Waals surface area contributed by atoms with Crippen molar-refractivity contribution in [2.45, 2.75) is 11.8 Å². The van der Waals surface area contributed by atoms with Gasteiger partial charge in [0.25, 0.3) is 0 Å². The highest BCUT2D eigenvalue weighted by Gasteiger charge is 2.23. The second kappa shape index (κ2) is 5.69. The van der Waals surface area contributed by atoms with Crippen molar-refractivity contribution in [3.05, 3.63) is 53.6 Å². The number of ether oxygens (including phenoxy) is 1. The van der Waals surface area contributed by atoms with Gasteiger partial charge in [0, 0.05) is 6.07 Å². The third-order valence-electron chi connectivity index (χ3n) is 2.68. The first-order valence-corrected chi connectivity index (χ1v) is 7.28. The van der Waals surface area contributed by atoms with Crippen LogP contribution in [0.4, 0.5) is 8.78 Å². The molecule has 0 N–H and O–H groups in total. The van der Waals surface area contributed by atoms with Gasteiger partial charge >= 0.3 is 10.1 Å². The van der Waals surface area contributed by atoms with E-state index in [9.17, 15) is 17.2 Å². The van der Waals surface area contributed by atoms with Crippen LogP contribution in [-0.4, -0.2) is 15.5 Å². The van der Waals surface area contributed by atoms with Crippen LogP contribution < -0.4 is 8.92 Å². The number of rotatable bonds is 4. The van der Waals surface area contributed by atoms with Gasteiger partial charge in [0.2, 0.25) is 0 Å². The Labute approximate surface area is 121 Å². The minimum absolute atomic E-state index is 0.0770. The maximum atomic E-state index is 13.6. The Hall–Kier alpha value is -2.15. The van der Waals surface area contributed by atoms with E-state index in [0.717, 1.165) is 17.7 Å². The molecule has 0 saturated carbocycles. The highest BCUT2D eigenvalue weighted by molar-refractivity contribution is 7.87. The average molecular weight is 314 g/mol. The predicted molar refractivity (Wildman–Crippen MR) is 71.9 cm³/mol. The van der Waals surface area contributed by atoms with Crippen LogP contribution in [0.25, 0.3) is 0 Å². The topological polar surface area (TPSA) is 52.6 Å². The van der Waals surface area contributed by atoms with Crippen LogP contribution in [-0.2, 0) is 10.1 Å². The summed E-state index contributed by atoms with van der Waals surface area (Å²) in [6.07, 6.45) is 0. The van der Waals surface area contributed by atoms with Crippen molar-refractivity contribution >= 4 is 10.1 Å². The highest BCUT2D eigenvalue weighted by atomic mass is 32.2. The molecule has 21 heavy (non-hydrogen) atoms. The zero-order valence-electron chi connectivity index (χ0n) is 11.3. The van der Waals surface area contributed by atoms with Crippen LogP contribution in [0, 0.1) is 18.6 Å². The summed E-state index contributed by atoms with van der Waals surface area (Å²) < 4.78 is 60.4. The molecule has 0 aliphatic rings. The molecule has 0 radical (unpaired) electrons. The molecule has 7 heteroatoms. The van der Waals surface area contributed by atoms with E-state index in [-0.39, 0.29) is 11.5 Å². The molecule has 0 saturated heterocycles. The molecule has 0 aromatic heterocycles. The van der Waals surface area contributed by atoms with Gasteiger partial charge < -0.3 is 8.92 Å². The molecule has 112 valence electrons. The monoisotopic (exact) mass is 314 g/mol. The van der Waals surface area contributed by atoms with E-state index in [4.69, 9.17) is 8.92 Å². The number of methoxy groups -OCH3 is 1. The second-order valence-corrected chi connectivity index (χ2v) is 5.78. The summed E-state index contributed by atoms with van der Waals surface area (Å²) in [5.74, 6) is -1.98. The lowest BCUT2D eigenvalue weighted by molar-refractivity contribution is 0.389. The Balaban J connectivity index is 2.42. The summed E-state index contributed by atoms with van der Waals surface area (Å²) in [7, 11) is -3.07. The van der Waals surface area contributed by atoms with E-state index in [1.54, 1.807) is 19.1 Å². The van der Waals surface area contributed by atoms with Crippen LogP contribution in [0.2, 0.25) is 0 Å². The normalized spacial score (nSPS) is 11.2. The summed E-state index contributed by atoms with van der Waals surface area (Å²) in [5, 5.41) is 0. The minimum Gasteiger partial charge on any atom is -0.493 e. The fraction of sp³-hybridized carbons (Fsp3) is 0.143. The van der Waals surface area contributed by atoms with Gasteiger partial charge in [-0.05, 0) is 36.8 Å². The molecule has 0 spiro atoms. The Morgan fingerprint density at radius 2 is 1.71 bits per heavy atom. The quantitative estimate of drug-likeness (QED) is 0.814. The summed E-state index contributed by atoms with van der Waals surface area (Å²) in [5.41, 5.74) is 0.838. The average Bonchev–Trinajstić information content (AvgIpc) is 2.40. The van der Waals surface area contributed by atoms with E-state index in [2.05, 4.69) is 0 Å². The predicted octanol–water partition coefficient (Wildman–Crippen LogP) is 3.05. The minimum atomic E-state index is -4.43. The standard InChI is InChI=1S/C14H12F2O4S/c1-9-3-5-12(13(7-9)19-2)20-21(17,18)14-6-4-10(15)8-11(14)16/h3-8H,1-2H3. The van der Waals surface area contributed by atoms with E-state index < -0.39 is 26.6 Å². The van der Waals surface area contributed by atoms with Crippen molar-refractivity contribution in [2.24, 2.45) is 0 Å². The first-order valence-electron chi connectivity index (χ1n) is 5.87. The lowest BCUT2D eigenvalue weighted by atomic mass is 10.2. The molecule has 4 nitrogen and oxygen atoms in total. The van der Waals surface area contributed by atoms with Gasteiger partial charge in [-0.1, -0.05) is 6.07 Å². The van der Waals surface area contributed by atoms with Gasteiger partial charge in [-0.3, -0.25) is 0 Å². The zero-order valence-corrected chi connectivity index (χ0v) is 12.1. The first-order chi connectivity index (χ1) is 9.83. The van der Waals surface area contributed by atoms with Crippen LogP contribution >= 0.6 is 0 Å². The van der Waals surface area contributed by atoms with E-state index in [0.29, 0.717) is 6.07 Å². The molecule has 0 bridgehead atoms. The van der Waals surface area contributed by atoms with Crippen molar-refractivity contribution in [3.63, 3.8) is 0 Å². The molecule has 2 aromatic rings. The molecule has 2 aromatic carbocycles. The van der Waals surface area contributed by atoms with Crippen LogP contribution in [0.1, 0.15) is 5.56 Å². The van der Waals surface area contributed by atoms with Crippen molar-refractivity contribution in [3.8, 4) is 11.5 Å². The van der Waals surface area contributed by atoms with Crippen molar-refractivity contribution in [2.75, 3.05) is 7.11 Å². The number of hydrogen-bond donors (Lipinski definition) is 0. The maximum absolute atomic E-state index is 13.6. The molecule has 0 heterocycles. The molecular weight excluding hydrogens is 302 g/mol. The van der Waals surface area contributed by atoms with Crippen LogP contribution in [0.15, 0.2) is 41.3 Å². The first kappa shape index (κ1) is 15.2. The smallest absolute Gasteiger partial charge is 0.342 e. The Bertz CT molecular complexity index is 773. The lowest BCUT2D eigenvalue weighted by Gasteiger charge is -2.11. The second-order valence-electron chi connectivity index (χ2n) is 4.27. The van der Waals surface area contributed by atoms with Crippen LogP contribution in [0.5, 0.6) is 11.5 Å². The van der Waals surface area contributed by atoms with Gasteiger partial charge in [-0.25, -0.2) is 8.78 Å². The van der Waals surface area contributed by atoms with Gasteiger partial charge in [-0.2, -0.15) is 8.42 Å². The number of hydrogen-bond acceptors (Lipinski definition) is 4. The molecule has 0 fully saturated rings. The SMILES string of the molecule is COc1cc(C)ccc1OS(=O)(=O)c1ccc(F)cc1F. The summed E-state index contributed by atoms with van der Waals surface area (Å²) in [4.78, 5) is -0.744. The number of aryl methyl sites for hydroxylation is 1. The Morgan fingerprint density at radius 3 is 2.33 bits per heavy atom. The van der Waals surface area contributed by atoms with E-state index >= 15 is 0 Å². The molecule has 0 atom stereocenters. The molecule has 0 amide bonds. The Kier molecular flexibility index (Phi) is 4.13. The van der Waals surface area contributed by atoms with Gasteiger partial charge in [0.1, 0.15) is 16.5 Å². The van der Waals surface area contributed by atoms with E-state index in [1.807, 2.05) is 0 Å². The molecule has 0 aliphatic heterocycles. The number of halogens is 2. The highest BCUT2D eigenvalue weighted by Crippen LogP contribution is 2.31. The molecule has 0 unspecified atom stereocenters. The number of benzene rings is 2. The Morgan fingerprint density at radius 1 is 1.00 bits per heavy atom. The fourth-order valence-electron chi connectivity index (χ4n) is 1.68. The maximum Gasteiger partial charge on any atom is 0.342 e. The third kappa shape index (κ3) is 3.30. The molecular formula is C14H12F2O4S. The van der Waals surface area contributed by atoms with Gasteiger partial charge in [0.05, 0.1) is 7.11 Å². The fourth-order valence-corrected chi connectivity index (χ4v) is 2.68. The summed E-state index contributed by atoms with van der Waals surface area (Å²) in [6.45, 7) is 1.79. The van der Waals surface area contributed by atoms with Gasteiger partial charge in [0.15, 0.2) is 11.5 Å². The van der Waals surface area contributed by atoms with Crippen molar-refractivity contribution in [1.82, 2.24) is 0 Å². The van der Waals surface area contributed by atoms with Crippen molar-refractivity contribution in [1.29, 1.82) is 0 Å². The van der Waals surface area contributed by atoms with Crippen molar-refractivity contribution < 1.29 is 26.1 Å². The zero-order chi connectivity index (χ0) is 15.6. The summed E-state index contributed by atoms with van der Waals surface area (Å²) >= 11 is 0. The lowest BCUT2D eigenvalue weighted by Crippen LogP contribution is -2.12. The van der Waals surface area contributed by atoms with Gasteiger partial charge in [-0.15, -0.1) is 0 Å².